The molecule has 0 aliphatic rings. The summed E-state index contributed by atoms with van der Waals surface area (Å²) in [5.41, 5.74) is 4.72. The second-order valence-corrected chi connectivity index (χ2v) is 7.59. The topological polar surface area (TPSA) is 62.6 Å². The first-order valence-corrected chi connectivity index (χ1v) is 9.61. The lowest BCUT2D eigenvalue weighted by molar-refractivity contribution is -0.116. The van der Waals surface area contributed by atoms with Crippen LogP contribution in [0.5, 0.6) is 0 Å². The van der Waals surface area contributed by atoms with Crippen LogP contribution in [0.4, 0.5) is 5.69 Å². The molecule has 1 N–H and O–H groups in total. The van der Waals surface area contributed by atoms with Gasteiger partial charge in [-0.15, -0.1) is 0 Å². The van der Waals surface area contributed by atoms with Crippen LogP contribution in [0.2, 0.25) is 5.02 Å². The first kappa shape index (κ1) is 20.7. The second kappa shape index (κ2) is 8.53. The highest BCUT2D eigenvalue weighted by Gasteiger charge is 2.19. The molecule has 0 bridgehead atoms. The van der Waals surface area contributed by atoms with Gasteiger partial charge in [-0.25, -0.2) is 0 Å². The van der Waals surface area contributed by atoms with E-state index in [-0.39, 0.29) is 24.1 Å². The number of carbonyl (C=O) groups is 2. The zero-order valence-corrected chi connectivity index (χ0v) is 17.6. The van der Waals surface area contributed by atoms with Gasteiger partial charge >= 0.3 is 0 Å². The van der Waals surface area contributed by atoms with Crippen LogP contribution in [-0.2, 0) is 4.79 Å². The molecule has 0 spiro atoms. The molecule has 2 aromatic carbocycles. The van der Waals surface area contributed by atoms with Crippen LogP contribution < -0.4 is 5.32 Å². The molecule has 1 heterocycles. The molecule has 0 atom stereocenters. The Bertz CT molecular complexity index is 1030. The molecule has 0 saturated heterocycles. The lowest BCUT2D eigenvalue weighted by atomic mass is 10.1. The number of benzene rings is 2. The van der Waals surface area contributed by atoms with Crippen molar-refractivity contribution >= 4 is 29.1 Å². The van der Waals surface area contributed by atoms with Gasteiger partial charge in [-0.3, -0.25) is 9.59 Å². The van der Waals surface area contributed by atoms with E-state index in [0.717, 1.165) is 27.9 Å². The van der Waals surface area contributed by atoms with E-state index in [1.165, 1.54) is 4.90 Å². The summed E-state index contributed by atoms with van der Waals surface area (Å²) in [6, 6.07) is 14.5. The number of rotatable bonds is 5. The highest BCUT2D eigenvalue weighted by molar-refractivity contribution is 6.30. The fourth-order valence-electron chi connectivity index (χ4n) is 3.25. The SMILES string of the molecule is Cc1cc(C)c(NC(=O)CN(C)C(=O)c2ccc(-c3ccc(Cl)cc3)o2)c(C)c1. The van der Waals surface area contributed by atoms with Crippen LogP contribution in [0, 0.1) is 20.8 Å². The largest absolute Gasteiger partial charge is 0.451 e. The van der Waals surface area contributed by atoms with E-state index >= 15 is 0 Å². The Morgan fingerprint density at radius 3 is 2.24 bits per heavy atom. The number of nitrogens with one attached hydrogen (secondary N) is 1. The smallest absolute Gasteiger partial charge is 0.289 e. The van der Waals surface area contributed by atoms with Crippen molar-refractivity contribution in [2.75, 3.05) is 18.9 Å². The molecule has 0 fully saturated rings. The number of hydrogen-bond acceptors (Lipinski definition) is 3. The molecule has 150 valence electrons. The maximum atomic E-state index is 12.6. The summed E-state index contributed by atoms with van der Waals surface area (Å²) in [6.45, 7) is 5.83. The van der Waals surface area contributed by atoms with E-state index < -0.39 is 0 Å². The highest BCUT2D eigenvalue weighted by atomic mass is 35.5. The van der Waals surface area contributed by atoms with Crippen molar-refractivity contribution in [3.63, 3.8) is 0 Å². The number of aryl methyl sites for hydroxylation is 3. The minimum Gasteiger partial charge on any atom is -0.451 e. The number of likely N-dealkylation sites (N-methyl/N-ethyl adjacent to an activating group) is 1. The normalized spacial score (nSPS) is 10.7. The molecule has 0 radical (unpaired) electrons. The first-order chi connectivity index (χ1) is 13.7. The minimum absolute atomic E-state index is 0.0808. The second-order valence-electron chi connectivity index (χ2n) is 7.15. The van der Waals surface area contributed by atoms with Crippen LogP contribution in [0.1, 0.15) is 27.2 Å². The Morgan fingerprint density at radius 1 is 1.00 bits per heavy atom. The summed E-state index contributed by atoms with van der Waals surface area (Å²) in [5.74, 6) is 0.111. The highest BCUT2D eigenvalue weighted by Crippen LogP contribution is 2.25. The third-order valence-corrected chi connectivity index (χ3v) is 4.87. The average molecular weight is 411 g/mol. The summed E-state index contributed by atoms with van der Waals surface area (Å²) in [4.78, 5) is 26.4. The van der Waals surface area contributed by atoms with Gasteiger partial charge in [-0.05, 0) is 68.3 Å². The lowest BCUT2D eigenvalue weighted by Gasteiger charge is -2.17. The van der Waals surface area contributed by atoms with Gasteiger partial charge in [0.05, 0.1) is 6.54 Å². The van der Waals surface area contributed by atoms with E-state index in [9.17, 15) is 9.59 Å². The molecule has 0 saturated carbocycles. The third kappa shape index (κ3) is 4.87. The predicted molar refractivity (Wildman–Crippen MR) is 115 cm³/mol. The van der Waals surface area contributed by atoms with Gasteiger partial charge in [0.2, 0.25) is 5.91 Å². The van der Waals surface area contributed by atoms with E-state index in [2.05, 4.69) is 5.32 Å². The number of carbonyl (C=O) groups excluding carboxylic acids is 2. The Labute approximate surface area is 175 Å². The van der Waals surface area contributed by atoms with Crippen molar-refractivity contribution in [3.8, 4) is 11.3 Å². The summed E-state index contributed by atoms with van der Waals surface area (Å²) in [7, 11) is 1.57. The molecule has 29 heavy (non-hydrogen) atoms. The molecule has 0 aliphatic heterocycles. The van der Waals surface area contributed by atoms with Gasteiger partial charge in [0, 0.05) is 23.3 Å². The lowest BCUT2D eigenvalue weighted by Crippen LogP contribution is -2.35. The Morgan fingerprint density at radius 2 is 1.62 bits per heavy atom. The Hall–Kier alpha value is -3.05. The Balaban J connectivity index is 1.66. The quantitative estimate of drug-likeness (QED) is 0.625. The van der Waals surface area contributed by atoms with Crippen molar-refractivity contribution in [2.24, 2.45) is 0 Å². The summed E-state index contributed by atoms with van der Waals surface area (Å²) < 4.78 is 5.68. The zero-order chi connectivity index (χ0) is 21.1. The van der Waals surface area contributed by atoms with Crippen molar-refractivity contribution in [1.82, 2.24) is 4.90 Å². The third-order valence-electron chi connectivity index (χ3n) is 4.61. The average Bonchev–Trinajstić information content (AvgIpc) is 3.14. The van der Waals surface area contributed by atoms with E-state index in [4.69, 9.17) is 16.0 Å². The summed E-state index contributed by atoms with van der Waals surface area (Å²) >= 11 is 5.90. The molecule has 3 aromatic rings. The standard InChI is InChI=1S/C23H23ClN2O3/c1-14-11-15(2)22(16(3)12-14)25-21(27)13-26(4)23(28)20-10-9-19(29-20)17-5-7-18(24)8-6-17/h5-12H,13H2,1-4H3,(H,25,27). The fourth-order valence-corrected chi connectivity index (χ4v) is 3.38. The van der Waals surface area contributed by atoms with Crippen LogP contribution in [-0.4, -0.2) is 30.3 Å². The van der Waals surface area contributed by atoms with E-state index in [1.54, 1.807) is 31.3 Å². The molecule has 5 nitrogen and oxygen atoms in total. The monoisotopic (exact) mass is 410 g/mol. The summed E-state index contributed by atoms with van der Waals surface area (Å²) in [6.07, 6.45) is 0. The molecular formula is C23H23ClN2O3. The maximum absolute atomic E-state index is 12.6. The Kier molecular flexibility index (Phi) is 6.09. The molecule has 2 amide bonds. The molecule has 1 aromatic heterocycles. The number of halogens is 1. The van der Waals surface area contributed by atoms with Crippen molar-refractivity contribution in [1.29, 1.82) is 0 Å². The maximum Gasteiger partial charge on any atom is 0.289 e. The predicted octanol–water partition coefficient (Wildman–Crippen LogP) is 5.24. The molecule has 3 rings (SSSR count). The number of nitrogens with zero attached hydrogens (tertiary/aromatic N) is 1. The molecule has 0 unspecified atom stereocenters. The van der Waals surface area contributed by atoms with E-state index in [0.29, 0.717) is 10.8 Å². The minimum atomic E-state index is -0.363. The number of anilines is 1. The first-order valence-electron chi connectivity index (χ1n) is 9.23. The van der Waals surface area contributed by atoms with Gasteiger partial charge < -0.3 is 14.6 Å². The van der Waals surface area contributed by atoms with Crippen molar-refractivity contribution < 1.29 is 14.0 Å². The zero-order valence-electron chi connectivity index (χ0n) is 16.9. The van der Waals surface area contributed by atoms with Gasteiger partial charge in [0.1, 0.15) is 5.76 Å². The van der Waals surface area contributed by atoms with Crippen molar-refractivity contribution in [2.45, 2.75) is 20.8 Å². The molecule has 6 heteroatoms. The molecule has 0 aliphatic carbocycles. The number of furan rings is 1. The van der Waals surface area contributed by atoms with Gasteiger partial charge in [-0.1, -0.05) is 29.3 Å². The van der Waals surface area contributed by atoms with Crippen molar-refractivity contribution in [3.05, 3.63) is 76.0 Å². The van der Waals surface area contributed by atoms with Crippen LogP contribution in [0.3, 0.4) is 0 Å². The van der Waals surface area contributed by atoms with Crippen LogP contribution in [0.25, 0.3) is 11.3 Å². The molecular weight excluding hydrogens is 388 g/mol. The van der Waals surface area contributed by atoms with Gasteiger partial charge in [-0.2, -0.15) is 0 Å². The van der Waals surface area contributed by atoms with Gasteiger partial charge in [0.25, 0.3) is 5.91 Å². The number of hydrogen-bond donors (Lipinski definition) is 1. The van der Waals surface area contributed by atoms with Gasteiger partial charge in [0.15, 0.2) is 5.76 Å². The van der Waals surface area contributed by atoms with Crippen LogP contribution in [0.15, 0.2) is 52.9 Å². The number of amides is 2. The fraction of sp³-hybridized carbons (Fsp3) is 0.217. The van der Waals surface area contributed by atoms with E-state index in [1.807, 2.05) is 45.0 Å². The summed E-state index contributed by atoms with van der Waals surface area (Å²) in [5, 5.41) is 3.53. The van der Waals surface area contributed by atoms with Crippen LogP contribution >= 0.6 is 11.6 Å².